The molecule has 3 N–H and O–H groups in total. The van der Waals surface area contributed by atoms with Gasteiger partial charge in [-0.25, -0.2) is 10.3 Å². The fourth-order valence-corrected chi connectivity index (χ4v) is 0.730. The number of ether oxygens (including phenoxy) is 3. The van der Waals surface area contributed by atoms with Crippen LogP contribution >= 0.6 is 0 Å². The van der Waals surface area contributed by atoms with E-state index >= 15 is 0 Å². The predicted molar refractivity (Wildman–Crippen MR) is 65.6 cm³/mol. The Balaban J connectivity index is 0. The number of carbonyl (C=O) groups excluding carboxylic acids is 1. The van der Waals surface area contributed by atoms with Gasteiger partial charge >= 0.3 is 6.09 Å². The summed E-state index contributed by atoms with van der Waals surface area (Å²) in [7, 11) is 0. The summed E-state index contributed by atoms with van der Waals surface area (Å²) < 4.78 is 14.5. The van der Waals surface area contributed by atoms with Crippen molar-refractivity contribution in [3.63, 3.8) is 0 Å². The summed E-state index contributed by atoms with van der Waals surface area (Å²) in [5, 5.41) is 16.2. The number of nitrogens with one attached hydrogen (secondary N) is 1. The van der Waals surface area contributed by atoms with E-state index in [4.69, 9.17) is 19.8 Å². The van der Waals surface area contributed by atoms with Crippen LogP contribution in [-0.2, 0) is 14.2 Å². The largest absolute Gasteiger partial charge is 0.442 e. The number of hydrogen-bond acceptors (Lipinski definition) is 6. The normalized spacial score (nSPS) is 10.3. The van der Waals surface area contributed by atoms with Gasteiger partial charge < -0.3 is 19.3 Å². The average molecular weight is 267 g/mol. The molecule has 0 aliphatic heterocycles. The minimum Gasteiger partial charge on any atom is -0.442 e. The van der Waals surface area contributed by atoms with Gasteiger partial charge in [0.15, 0.2) is 0 Å². The van der Waals surface area contributed by atoms with E-state index in [0.717, 1.165) is 6.61 Å². The smallest absolute Gasteiger partial charge is 0.431 e. The number of amides is 1. The summed E-state index contributed by atoms with van der Waals surface area (Å²) in [6.45, 7) is 9.49. The van der Waals surface area contributed by atoms with E-state index in [1.54, 1.807) is 20.8 Å². The van der Waals surface area contributed by atoms with Crippen molar-refractivity contribution < 1.29 is 29.3 Å². The highest BCUT2D eigenvalue weighted by Gasteiger charge is 2.14. The molecule has 110 valence electrons. The first-order valence-corrected chi connectivity index (χ1v) is 5.76. The maximum absolute atomic E-state index is 10.2. The molecule has 0 aromatic heterocycles. The highest BCUT2D eigenvalue weighted by Crippen LogP contribution is 2.05. The van der Waals surface area contributed by atoms with E-state index < -0.39 is 11.7 Å². The Morgan fingerprint density at radius 3 is 2.06 bits per heavy atom. The minimum absolute atomic E-state index is 0.0894. The van der Waals surface area contributed by atoms with Crippen LogP contribution in [0, 0.1) is 0 Å². The van der Waals surface area contributed by atoms with E-state index in [-0.39, 0.29) is 6.61 Å². The Morgan fingerprint density at radius 2 is 1.72 bits per heavy atom. The lowest BCUT2D eigenvalue weighted by atomic mass is 10.2. The zero-order chi connectivity index (χ0) is 14.4. The van der Waals surface area contributed by atoms with Gasteiger partial charge in [0.1, 0.15) is 5.60 Å². The van der Waals surface area contributed by atoms with Gasteiger partial charge in [0, 0.05) is 6.61 Å². The van der Waals surface area contributed by atoms with Crippen molar-refractivity contribution in [2.24, 2.45) is 0 Å². The predicted octanol–water partition coefficient (Wildman–Crippen LogP) is 0.932. The first-order chi connectivity index (χ1) is 8.37. The van der Waals surface area contributed by atoms with E-state index in [9.17, 15) is 4.79 Å². The van der Waals surface area contributed by atoms with Crippen molar-refractivity contribution in [1.82, 2.24) is 5.48 Å². The van der Waals surface area contributed by atoms with Crippen LogP contribution in [0.2, 0.25) is 0 Å². The third-order valence-electron chi connectivity index (χ3n) is 1.30. The zero-order valence-corrected chi connectivity index (χ0v) is 11.6. The highest BCUT2D eigenvalue weighted by atomic mass is 16.6. The Kier molecular flexibility index (Phi) is 13.6. The minimum atomic E-state index is -0.831. The molecule has 0 unspecified atom stereocenters. The van der Waals surface area contributed by atoms with E-state index in [0.29, 0.717) is 19.8 Å². The van der Waals surface area contributed by atoms with Gasteiger partial charge in [0.2, 0.25) is 0 Å². The molecule has 0 aromatic carbocycles. The molecule has 0 saturated carbocycles. The second-order valence-electron chi connectivity index (χ2n) is 4.15. The molecule has 1 amide bonds. The standard InChI is InChI=1S/C6H14O3.C5H11NO3/c1-2-8-5-6-9-4-3-7;1-5(2,3)9-4(7)6-8/h7H,2-6H2,1H3;8H,1-3H3,(H,6,7). The number of hydrogen-bond donors (Lipinski definition) is 3. The maximum Gasteiger partial charge on any atom is 0.431 e. The molecule has 0 rings (SSSR count). The monoisotopic (exact) mass is 267 g/mol. The number of aliphatic hydroxyl groups is 1. The Bertz CT molecular complexity index is 186. The Hall–Kier alpha value is -0.890. The summed E-state index contributed by atoms with van der Waals surface area (Å²) in [5.74, 6) is 0. The molecule has 0 aromatic rings. The summed E-state index contributed by atoms with van der Waals surface area (Å²) in [6, 6.07) is 0. The lowest BCUT2D eigenvalue weighted by Gasteiger charge is -2.17. The Morgan fingerprint density at radius 1 is 1.17 bits per heavy atom. The van der Waals surface area contributed by atoms with Crippen LogP contribution in [0.4, 0.5) is 4.79 Å². The van der Waals surface area contributed by atoms with Crippen molar-refractivity contribution in [1.29, 1.82) is 0 Å². The van der Waals surface area contributed by atoms with Gasteiger partial charge in [0.25, 0.3) is 0 Å². The van der Waals surface area contributed by atoms with Crippen molar-refractivity contribution in [3.05, 3.63) is 0 Å². The molecule has 0 radical (unpaired) electrons. The highest BCUT2D eigenvalue weighted by molar-refractivity contribution is 5.65. The van der Waals surface area contributed by atoms with Crippen molar-refractivity contribution in [3.8, 4) is 0 Å². The molecule has 0 aliphatic carbocycles. The molecular weight excluding hydrogens is 242 g/mol. The van der Waals surface area contributed by atoms with Crippen molar-refractivity contribution in [2.45, 2.75) is 33.3 Å². The van der Waals surface area contributed by atoms with Crippen LogP contribution in [-0.4, -0.2) is 55.0 Å². The fourth-order valence-electron chi connectivity index (χ4n) is 0.730. The average Bonchev–Trinajstić information content (AvgIpc) is 2.27. The van der Waals surface area contributed by atoms with Gasteiger partial charge in [-0.05, 0) is 27.7 Å². The third-order valence-corrected chi connectivity index (χ3v) is 1.30. The quantitative estimate of drug-likeness (QED) is 0.376. The Labute approximate surface area is 108 Å². The van der Waals surface area contributed by atoms with Crippen LogP contribution in [0.15, 0.2) is 0 Å². The molecule has 0 spiro atoms. The third kappa shape index (κ3) is 20.5. The van der Waals surface area contributed by atoms with E-state index in [2.05, 4.69) is 4.74 Å². The van der Waals surface area contributed by atoms with Crippen molar-refractivity contribution >= 4 is 6.09 Å². The van der Waals surface area contributed by atoms with Gasteiger partial charge in [-0.2, -0.15) is 0 Å². The topological polar surface area (TPSA) is 97.3 Å². The van der Waals surface area contributed by atoms with Gasteiger partial charge in [-0.1, -0.05) is 0 Å². The molecule has 0 atom stereocenters. The molecule has 0 heterocycles. The van der Waals surface area contributed by atoms with Crippen LogP contribution in [0.25, 0.3) is 0 Å². The lowest BCUT2D eigenvalue weighted by Crippen LogP contribution is -2.30. The molecule has 7 heteroatoms. The molecule has 0 saturated heterocycles. The van der Waals surface area contributed by atoms with Crippen LogP contribution in [0.3, 0.4) is 0 Å². The summed E-state index contributed by atoms with van der Waals surface area (Å²) in [6.07, 6.45) is -0.831. The number of rotatable bonds is 6. The van der Waals surface area contributed by atoms with Gasteiger partial charge in [-0.15, -0.1) is 0 Å². The molecule has 18 heavy (non-hydrogen) atoms. The number of hydroxylamine groups is 1. The van der Waals surface area contributed by atoms with Crippen LogP contribution in [0.5, 0.6) is 0 Å². The van der Waals surface area contributed by atoms with E-state index in [1.165, 1.54) is 5.48 Å². The van der Waals surface area contributed by atoms with Crippen molar-refractivity contribution in [2.75, 3.05) is 33.0 Å². The number of aliphatic hydroxyl groups excluding tert-OH is 1. The lowest BCUT2D eigenvalue weighted by molar-refractivity contribution is 0.0229. The molecule has 0 fully saturated rings. The number of carbonyl (C=O) groups is 1. The first kappa shape index (κ1) is 19.4. The summed E-state index contributed by atoms with van der Waals surface area (Å²) in [4.78, 5) is 10.2. The first-order valence-electron chi connectivity index (χ1n) is 5.76. The molecule has 0 bridgehead atoms. The molecule has 0 aliphatic rings. The maximum atomic E-state index is 10.2. The second-order valence-corrected chi connectivity index (χ2v) is 4.15. The van der Waals surface area contributed by atoms with Crippen LogP contribution < -0.4 is 5.48 Å². The molecule has 7 nitrogen and oxygen atoms in total. The second kappa shape index (κ2) is 12.6. The SMILES string of the molecule is CC(C)(C)OC(=O)NO.CCOCCOCCO. The van der Waals surface area contributed by atoms with Gasteiger partial charge in [-0.3, -0.25) is 5.21 Å². The zero-order valence-electron chi connectivity index (χ0n) is 11.6. The fraction of sp³-hybridized carbons (Fsp3) is 0.909. The van der Waals surface area contributed by atoms with Crippen LogP contribution in [0.1, 0.15) is 27.7 Å². The van der Waals surface area contributed by atoms with E-state index in [1.807, 2.05) is 6.92 Å². The summed E-state index contributed by atoms with van der Waals surface area (Å²) >= 11 is 0. The molecular formula is C11H25NO6. The summed E-state index contributed by atoms with van der Waals surface area (Å²) in [5.41, 5.74) is 0.812. The van der Waals surface area contributed by atoms with Gasteiger partial charge in [0.05, 0.1) is 26.4 Å².